The van der Waals surface area contributed by atoms with Gasteiger partial charge < -0.3 is 5.32 Å². The molecule has 29 heavy (non-hydrogen) atoms. The fourth-order valence-corrected chi connectivity index (χ4v) is 4.28. The number of sulfonamides is 1. The molecule has 0 aliphatic rings. The van der Waals surface area contributed by atoms with Crippen LogP contribution in [0.5, 0.6) is 0 Å². The van der Waals surface area contributed by atoms with Crippen molar-refractivity contribution >= 4 is 33.2 Å². The first-order valence-electron chi connectivity index (χ1n) is 9.01. The molecule has 0 radical (unpaired) electrons. The molecule has 0 atom stereocenters. The molecular weight excluding hydrogens is 408 g/mol. The van der Waals surface area contributed by atoms with Gasteiger partial charge in [0.2, 0.25) is 15.9 Å². The Bertz CT molecular complexity index is 1070. The van der Waals surface area contributed by atoms with Gasteiger partial charge in [0.25, 0.3) is 0 Å². The van der Waals surface area contributed by atoms with Crippen molar-refractivity contribution in [3.05, 3.63) is 95.0 Å². The third-order valence-electron chi connectivity index (χ3n) is 4.31. The van der Waals surface area contributed by atoms with Crippen LogP contribution in [-0.4, -0.2) is 25.2 Å². The molecule has 3 rings (SSSR count). The summed E-state index contributed by atoms with van der Waals surface area (Å²) in [4.78, 5) is 12.7. The minimum atomic E-state index is -3.86. The van der Waals surface area contributed by atoms with E-state index in [1.807, 2.05) is 37.3 Å². The number of aryl methyl sites for hydroxylation is 1. The molecule has 1 amide bonds. The van der Waals surface area contributed by atoms with Crippen LogP contribution in [0.3, 0.4) is 0 Å². The Labute approximate surface area is 176 Å². The maximum absolute atomic E-state index is 13.2. The van der Waals surface area contributed by atoms with Crippen LogP contribution >= 0.6 is 11.6 Å². The lowest BCUT2D eigenvalue weighted by Crippen LogP contribution is -2.37. The van der Waals surface area contributed by atoms with Crippen LogP contribution in [0.15, 0.2) is 83.8 Å². The van der Waals surface area contributed by atoms with Gasteiger partial charge in [0, 0.05) is 17.3 Å². The summed E-state index contributed by atoms with van der Waals surface area (Å²) in [6, 6.07) is 22.4. The molecule has 0 heterocycles. The molecule has 5 nitrogen and oxygen atoms in total. The van der Waals surface area contributed by atoms with E-state index in [1.54, 1.807) is 48.5 Å². The topological polar surface area (TPSA) is 66.5 Å². The number of carbonyl (C=O) groups is 1. The van der Waals surface area contributed by atoms with Crippen molar-refractivity contribution in [1.82, 2.24) is 4.31 Å². The molecule has 0 aromatic heterocycles. The summed E-state index contributed by atoms with van der Waals surface area (Å²) in [7, 11) is -3.86. The second-order valence-electron chi connectivity index (χ2n) is 6.63. The van der Waals surface area contributed by atoms with Gasteiger partial charge in [-0.05, 0) is 48.9 Å². The lowest BCUT2D eigenvalue weighted by atomic mass is 10.2. The highest BCUT2D eigenvalue weighted by Crippen LogP contribution is 2.20. The summed E-state index contributed by atoms with van der Waals surface area (Å²) in [5, 5.41) is 3.27. The maximum atomic E-state index is 13.2. The quantitative estimate of drug-likeness (QED) is 0.603. The van der Waals surface area contributed by atoms with Crippen LogP contribution in [0.4, 0.5) is 5.69 Å². The zero-order chi connectivity index (χ0) is 20.9. The minimum absolute atomic E-state index is 0.0884. The van der Waals surface area contributed by atoms with Gasteiger partial charge in [-0.25, -0.2) is 8.42 Å². The Morgan fingerprint density at radius 3 is 2.17 bits per heavy atom. The number of carbonyl (C=O) groups excluding carboxylic acids is 1. The molecule has 1 N–H and O–H groups in total. The highest BCUT2D eigenvalue weighted by atomic mass is 35.5. The first kappa shape index (κ1) is 21.0. The standard InChI is InChI=1S/C22H21ClN2O3S/c1-17-7-13-21(14-8-17)29(27,28)25(15-18-5-3-2-4-6-18)16-22(26)24-20-11-9-19(23)10-12-20/h2-14H,15-16H2,1H3,(H,24,26). The van der Waals surface area contributed by atoms with Crippen LogP contribution in [0.1, 0.15) is 11.1 Å². The predicted molar refractivity (Wildman–Crippen MR) is 115 cm³/mol. The third kappa shape index (κ3) is 5.67. The fraction of sp³-hybridized carbons (Fsp3) is 0.136. The number of rotatable bonds is 7. The monoisotopic (exact) mass is 428 g/mol. The molecule has 0 aliphatic heterocycles. The number of benzene rings is 3. The second-order valence-corrected chi connectivity index (χ2v) is 9.00. The van der Waals surface area contributed by atoms with E-state index in [2.05, 4.69) is 5.32 Å². The van der Waals surface area contributed by atoms with Gasteiger partial charge in [0.15, 0.2) is 0 Å². The van der Waals surface area contributed by atoms with E-state index in [9.17, 15) is 13.2 Å². The molecule has 0 aliphatic carbocycles. The molecule has 150 valence electrons. The molecule has 7 heteroatoms. The Morgan fingerprint density at radius 1 is 0.931 bits per heavy atom. The zero-order valence-electron chi connectivity index (χ0n) is 15.9. The van der Waals surface area contributed by atoms with Crippen LogP contribution < -0.4 is 5.32 Å². The van der Waals surface area contributed by atoms with Crippen LogP contribution in [0.2, 0.25) is 5.02 Å². The molecule has 0 unspecified atom stereocenters. The summed E-state index contributed by atoms with van der Waals surface area (Å²) in [5.74, 6) is -0.432. The van der Waals surface area contributed by atoms with Crippen LogP contribution in [0, 0.1) is 6.92 Å². The van der Waals surface area contributed by atoms with E-state index in [0.717, 1.165) is 11.1 Å². The summed E-state index contributed by atoms with van der Waals surface area (Å²) in [6.07, 6.45) is 0. The molecule has 3 aromatic carbocycles. The van der Waals surface area contributed by atoms with Gasteiger partial charge in [-0.2, -0.15) is 4.31 Å². The van der Waals surface area contributed by atoms with Gasteiger partial charge >= 0.3 is 0 Å². The van der Waals surface area contributed by atoms with Crippen molar-refractivity contribution in [3.63, 3.8) is 0 Å². The molecule has 0 spiro atoms. The Morgan fingerprint density at radius 2 is 1.55 bits per heavy atom. The highest BCUT2D eigenvalue weighted by Gasteiger charge is 2.27. The Balaban J connectivity index is 1.85. The summed E-state index contributed by atoms with van der Waals surface area (Å²) < 4.78 is 27.6. The predicted octanol–water partition coefficient (Wildman–Crippen LogP) is 4.48. The van der Waals surface area contributed by atoms with Gasteiger partial charge in [-0.15, -0.1) is 0 Å². The zero-order valence-corrected chi connectivity index (χ0v) is 17.5. The molecule has 0 fully saturated rings. The number of nitrogens with zero attached hydrogens (tertiary/aromatic N) is 1. The van der Waals surface area contributed by atoms with Crippen molar-refractivity contribution in [3.8, 4) is 0 Å². The van der Waals surface area contributed by atoms with E-state index < -0.39 is 15.9 Å². The van der Waals surface area contributed by atoms with E-state index >= 15 is 0 Å². The Hall–Kier alpha value is -2.67. The number of hydrogen-bond acceptors (Lipinski definition) is 3. The lowest BCUT2D eigenvalue weighted by Gasteiger charge is -2.22. The van der Waals surface area contributed by atoms with Gasteiger partial charge in [-0.3, -0.25) is 4.79 Å². The number of nitrogens with one attached hydrogen (secondary N) is 1. The van der Waals surface area contributed by atoms with E-state index in [4.69, 9.17) is 11.6 Å². The molecule has 0 saturated carbocycles. The SMILES string of the molecule is Cc1ccc(S(=O)(=O)N(CC(=O)Nc2ccc(Cl)cc2)Cc2ccccc2)cc1. The van der Waals surface area contributed by atoms with Crippen molar-refractivity contribution in [2.45, 2.75) is 18.4 Å². The summed E-state index contributed by atoms with van der Waals surface area (Å²) in [5.41, 5.74) is 2.30. The smallest absolute Gasteiger partial charge is 0.243 e. The number of anilines is 1. The molecule has 0 saturated heterocycles. The minimum Gasteiger partial charge on any atom is -0.325 e. The van der Waals surface area contributed by atoms with E-state index in [1.165, 1.54) is 4.31 Å². The van der Waals surface area contributed by atoms with Gasteiger partial charge in [-0.1, -0.05) is 59.6 Å². The molecular formula is C22H21ClN2O3S. The Kier molecular flexibility index (Phi) is 6.69. The fourth-order valence-electron chi connectivity index (χ4n) is 2.77. The van der Waals surface area contributed by atoms with Crippen molar-refractivity contribution in [2.75, 3.05) is 11.9 Å². The van der Waals surface area contributed by atoms with Crippen LogP contribution in [0.25, 0.3) is 0 Å². The van der Waals surface area contributed by atoms with E-state index in [0.29, 0.717) is 10.7 Å². The summed E-state index contributed by atoms with van der Waals surface area (Å²) >= 11 is 5.86. The van der Waals surface area contributed by atoms with E-state index in [-0.39, 0.29) is 18.0 Å². The molecule has 0 bridgehead atoms. The number of halogens is 1. The normalized spacial score (nSPS) is 11.4. The van der Waals surface area contributed by atoms with Gasteiger partial charge in [0.05, 0.1) is 11.4 Å². The first-order valence-corrected chi connectivity index (χ1v) is 10.8. The summed E-state index contributed by atoms with van der Waals surface area (Å²) in [6.45, 7) is 1.66. The third-order valence-corrected chi connectivity index (χ3v) is 6.37. The second kappa shape index (κ2) is 9.22. The largest absolute Gasteiger partial charge is 0.325 e. The van der Waals surface area contributed by atoms with Gasteiger partial charge in [0.1, 0.15) is 0 Å². The average molecular weight is 429 g/mol. The van der Waals surface area contributed by atoms with Crippen molar-refractivity contribution in [2.24, 2.45) is 0 Å². The number of amides is 1. The first-order chi connectivity index (χ1) is 13.8. The highest BCUT2D eigenvalue weighted by molar-refractivity contribution is 7.89. The molecule has 3 aromatic rings. The number of hydrogen-bond donors (Lipinski definition) is 1. The maximum Gasteiger partial charge on any atom is 0.243 e. The van der Waals surface area contributed by atoms with Crippen LogP contribution in [-0.2, 0) is 21.4 Å². The average Bonchev–Trinajstić information content (AvgIpc) is 2.70. The van der Waals surface area contributed by atoms with Crippen molar-refractivity contribution in [1.29, 1.82) is 0 Å². The van der Waals surface area contributed by atoms with Crippen molar-refractivity contribution < 1.29 is 13.2 Å². The lowest BCUT2D eigenvalue weighted by molar-refractivity contribution is -0.116.